The van der Waals surface area contributed by atoms with E-state index >= 15 is 0 Å². The fourth-order valence-electron chi connectivity index (χ4n) is 1.25. The van der Waals surface area contributed by atoms with E-state index in [0.717, 1.165) is 11.3 Å². The molecule has 5 nitrogen and oxygen atoms in total. The third-order valence-corrected chi connectivity index (χ3v) is 2.14. The Balaban J connectivity index is 2.26. The van der Waals surface area contributed by atoms with E-state index in [2.05, 4.69) is 5.32 Å². The number of carbonyl (C=O) groups is 2. The quantitative estimate of drug-likeness (QED) is 0.748. The van der Waals surface area contributed by atoms with Gasteiger partial charge >= 0.3 is 0 Å². The fourth-order valence-corrected chi connectivity index (χ4v) is 1.25. The van der Waals surface area contributed by atoms with Gasteiger partial charge in [0.1, 0.15) is 5.75 Å². The zero-order chi connectivity index (χ0) is 12.7. The molecule has 0 bridgehead atoms. The van der Waals surface area contributed by atoms with Crippen LogP contribution in [0.1, 0.15) is 12.0 Å². The van der Waals surface area contributed by atoms with Gasteiger partial charge in [0.25, 0.3) is 0 Å². The third-order valence-electron chi connectivity index (χ3n) is 2.14. The van der Waals surface area contributed by atoms with Gasteiger partial charge in [0.15, 0.2) is 0 Å². The minimum absolute atomic E-state index is 0.136. The van der Waals surface area contributed by atoms with Crippen molar-refractivity contribution in [2.75, 3.05) is 13.2 Å². The van der Waals surface area contributed by atoms with Crippen LogP contribution in [0.4, 0.5) is 0 Å². The van der Waals surface area contributed by atoms with E-state index in [-0.39, 0.29) is 25.5 Å². The van der Waals surface area contributed by atoms with Crippen molar-refractivity contribution in [1.29, 1.82) is 0 Å². The molecule has 1 aromatic carbocycles. The number of benzene rings is 1. The second kappa shape index (κ2) is 6.52. The van der Waals surface area contributed by atoms with Crippen LogP contribution in [0.2, 0.25) is 0 Å². The average molecular weight is 236 g/mol. The van der Waals surface area contributed by atoms with E-state index in [1.54, 1.807) is 0 Å². The Hall–Kier alpha value is -2.04. The minimum atomic E-state index is -0.557. The summed E-state index contributed by atoms with van der Waals surface area (Å²) in [6.07, 6.45) is 0.196. The SMILES string of the molecule is Cc1ccccc1OCCC(=O)NCC(N)=O. The van der Waals surface area contributed by atoms with Gasteiger partial charge in [0, 0.05) is 0 Å². The van der Waals surface area contributed by atoms with Crippen molar-refractivity contribution in [2.24, 2.45) is 5.73 Å². The van der Waals surface area contributed by atoms with Crippen LogP contribution in [0.5, 0.6) is 5.75 Å². The first-order valence-corrected chi connectivity index (χ1v) is 5.33. The number of primary amides is 1. The van der Waals surface area contributed by atoms with Crippen molar-refractivity contribution in [3.8, 4) is 5.75 Å². The van der Waals surface area contributed by atoms with Gasteiger partial charge in [-0.25, -0.2) is 0 Å². The zero-order valence-electron chi connectivity index (χ0n) is 9.73. The van der Waals surface area contributed by atoms with Crippen LogP contribution in [0.15, 0.2) is 24.3 Å². The molecule has 0 fully saturated rings. The van der Waals surface area contributed by atoms with Gasteiger partial charge in [-0.3, -0.25) is 9.59 Å². The summed E-state index contributed by atoms with van der Waals surface area (Å²) in [7, 11) is 0. The first-order chi connectivity index (χ1) is 8.09. The van der Waals surface area contributed by atoms with Crippen molar-refractivity contribution < 1.29 is 14.3 Å². The first kappa shape index (κ1) is 13.0. The lowest BCUT2D eigenvalue weighted by Crippen LogP contribution is -2.33. The van der Waals surface area contributed by atoms with E-state index in [9.17, 15) is 9.59 Å². The summed E-state index contributed by atoms with van der Waals surface area (Å²) in [5.41, 5.74) is 5.91. The van der Waals surface area contributed by atoms with Crippen LogP contribution in [0, 0.1) is 6.92 Å². The summed E-state index contributed by atoms with van der Waals surface area (Å²) in [4.78, 5) is 21.6. The van der Waals surface area contributed by atoms with Crippen LogP contribution in [0.3, 0.4) is 0 Å². The largest absolute Gasteiger partial charge is 0.493 e. The van der Waals surface area contributed by atoms with Gasteiger partial charge in [0.2, 0.25) is 11.8 Å². The maximum Gasteiger partial charge on any atom is 0.236 e. The van der Waals surface area contributed by atoms with Crippen molar-refractivity contribution in [1.82, 2.24) is 5.32 Å². The van der Waals surface area contributed by atoms with Gasteiger partial charge in [0.05, 0.1) is 19.6 Å². The van der Waals surface area contributed by atoms with E-state index in [1.807, 2.05) is 31.2 Å². The summed E-state index contributed by atoms with van der Waals surface area (Å²) in [5, 5.41) is 2.39. The predicted octanol–water partition coefficient (Wildman–Crippen LogP) is 0.365. The molecule has 0 radical (unpaired) electrons. The fraction of sp³-hybridized carbons (Fsp3) is 0.333. The molecule has 0 saturated heterocycles. The van der Waals surface area contributed by atoms with Crippen molar-refractivity contribution in [3.63, 3.8) is 0 Å². The monoisotopic (exact) mass is 236 g/mol. The Morgan fingerprint density at radius 3 is 2.71 bits per heavy atom. The lowest BCUT2D eigenvalue weighted by molar-refractivity contribution is -0.125. The van der Waals surface area contributed by atoms with Gasteiger partial charge in [-0.15, -0.1) is 0 Å². The number of ether oxygens (including phenoxy) is 1. The highest BCUT2D eigenvalue weighted by molar-refractivity contribution is 5.83. The molecule has 0 aliphatic heterocycles. The summed E-state index contributed by atoms with van der Waals surface area (Å²) in [6.45, 7) is 2.07. The first-order valence-electron chi connectivity index (χ1n) is 5.33. The molecule has 0 spiro atoms. The molecule has 17 heavy (non-hydrogen) atoms. The Labute approximate surface area is 99.9 Å². The summed E-state index contributed by atoms with van der Waals surface area (Å²) >= 11 is 0. The van der Waals surface area contributed by atoms with E-state index < -0.39 is 5.91 Å². The van der Waals surface area contributed by atoms with Gasteiger partial charge in [-0.1, -0.05) is 18.2 Å². The molecule has 92 valence electrons. The van der Waals surface area contributed by atoms with Crippen LogP contribution in [0.25, 0.3) is 0 Å². The number of para-hydroxylation sites is 1. The van der Waals surface area contributed by atoms with Crippen molar-refractivity contribution >= 4 is 11.8 Å². The molecule has 0 aromatic heterocycles. The van der Waals surface area contributed by atoms with Gasteiger partial charge in [-0.2, -0.15) is 0 Å². The summed E-state index contributed by atoms with van der Waals surface area (Å²) < 4.78 is 5.44. The molecule has 3 N–H and O–H groups in total. The molecule has 0 aliphatic carbocycles. The Kier molecular flexibility index (Phi) is 5.00. The zero-order valence-corrected chi connectivity index (χ0v) is 9.73. The highest BCUT2D eigenvalue weighted by atomic mass is 16.5. The highest BCUT2D eigenvalue weighted by Gasteiger charge is 2.04. The number of rotatable bonds is 6. The number of aryl methyl sites for hydroxylation is 1. The normalized spacial score (nSPS) is 9.71. The van der Waals surface area contributed by atoms with Crippen LogP contribution in [-0.4, -0.2) is 25.0 Å². The second-order valence-electron chi connectivity index (χ2n) is 3.61. The summed E-state index contributed by atoms with van der Waals surface area (Å²) in [6, 6.07) is 7.57. The molecule has 0 aliphatic rings. The van der Waals surface area contributed by atoms with Crippen LogP contribution >= 0.6 is 0 Å². The number of hydrogen-bond donors (Lipinski definition) is 2. The van der Waals surface area contributed by atoms with Crippen LogP contribution in [-0.2, 0) is 9.59 Å². The third kappa shape index (κ3) is 5.01. The maximum absolute atomic E-state index is 11.2. The predicted molar refractivity (Wildman–Crippen MR) is 63.5 cm³/mol. The van der Waals surface area contributed by atoms with E-state index in [4.69, 9.17) is 10.5 Å². The number of carbonyl (C=O) groups excluding carboxylic acids is 2. The summed E-state index contributed by atoms with van der Waals surface area (Å²) in [5.74, 6) is -0.0502. The van der Waals surface area contributed by atoms with Gasteiger partial charge < -0.3 is 15.8 Å². The molecule has 0 heterocycles. The molecule has 0 saturated carbocycles. The van der Waals surface area contributed by atoms with E-state index in [0.29, 0.717) is 0 Å². The maximum atomic E-state index is 11.2. The molecule has 0 atom stereocenters. The number of amides is 2. The average Bonchev–Trinajstić information content (AvgIpc) is 2.29. The topological polar surface area (TPSA) is 81.4 Å². The molecule has 5 heteroatoms. The molecule has 2 amide bonds. The standard InChI is InChI=1S/C12H16N2O3/c1-9-4-2-3-5-10(9)17-7-6-12(16)14-8-11(13)15/h2-5H,6-8H2,1H3,(H2,13,15)(H,14,16). The second-order valence-corrected chi connectivity index (χ2v) is 3.61. The molecular weight excluding hydrogens is 220 g/mol. The molecule has 0 unspecified atom stereocenters. The molecule has 1 aromatic rings. The minimum Gasteiger partial charge on any atom is -0.493 e. The number of nitrogens with one attached hydrogen (secondary N) is 1. The Bertz CT molecular complexity index is 404. The van der Waals surface area contributed by atoms with Gasteiger partial charge in [-0.05, 0) is 18.6 Å². The Morgan fingerprint density at radius 1 is 1.35 bits per heavy atom. The Morgan fingerprint density at radius 2 is 2.06 bits per heavy atom. The lowest BCUT2D eigenvalue weighted by atomic mass is 10.2. The smallest absolute Gasteiger partial charge is 0.236 e. The molecule has 1 rings (SSSR count). The number of nitrogens with two attached hydrogens (primary N) is 1. The van der Waals surface area contributed by atoms with E-state index in [1.165, 1.54) is 0 Å². The highest BCUT2D eigenvalue weighted by Crippen LogP contribution is 2.15. The van der Waals surface area contributed by atoms with Crippen molar-refractivity contribution in [2.45, 2.75) is 13.3 Å². The van der Waals surface area contributed by atoms with Crippen LogP contribution < -0.4 is 15.8 Å². The molecular formula is C12H16N2O3. The number of hydrogen-bond acceptors (Lipinski definition) is 3. The lowest BCUT2D eigenvalue weighted by Gasteiger charge is -2.08. The van der Waals surface area contributed by atoms with Crippen molar-refractivity contribution in [3.05, 3.63) is 29.8 Å².